The molecule has 5 nitrogen and oxygen atoms in total. The molecule has 0 aromatic heterocycles. The molecule has 2 saturated carbocycles. The van der Waals surface area contributed by atoms with E-state index in [9.17, 15) is 14.7 Å². The first-order valence-corrected chi connectivity index (χ1v) is 8.02. The molecule has 2 fully saturated rings. The smallest absolute Gasteiger partial charge is 0.338 e. The molecule has 1 N–H and O–H groups in total. The zero-order valence-corrected chi connectivity index (χ0v) is 17.2. The van der Waals surface area contributed by atoms with Crippen LogP contribution >= 0.6 is 0 Å². The van der Waals surface area contributed by atoms with E-state index in [-0.39, 0.29) is 28.2 Å². The Hall–Kier alpha value is -1.10. The van der Waals surface area contributed by atoms with Crippen LogP contribution in [-0.4, -0.2) is 31.3 Å². The number of aliphatic carboxylic acids is 1. The summed E-state index contributed by atoms with van der Waals surface area (Å²) in [6.45, 7) is 4.96. The summed E-state index contributed by atoms with van der Waals surface area (Å²) in [5.41, 5.74) is 1.01. The van der Waals surface area contributed by atoms with E-state index in [2.05, 4.69) is 0 Å². The van der Waals surface area contributed by atoms with Crippen LogP contribution in [0.5, 0.6) is 0 Å². The van der Waals surface area contributed by atoms with Gasteiger partial charge in [0.2, 0.25) is 0 Å². The molecule has 10 radical (unpaired) electrons. The van der Waals surface area contributed by atoms with Gasteiger partial charge in [0.15, 0.2) is 0 Å². The molecular formula is C21H24FeO5. The molecule has 2 aliphatic carbocycles. The number of allylic oxidation sites excluding steroid dienone is 1. The van der Waals surface area contributed by atoms with Crippen molar-refractivity contribution in [1.82, 2.24) is 0 Å². The minimum atomic E-state index is -1.17. The van der Waals surface area contributed by atoms with Gasteiger partial charge in [-0.1, -0.05) is 5.57 Å². The molecule has 146 valence electrons. The maximum absolute atomic E-state index is 12.1. The molecule has 0 heterocycles. The second kappa shape index (κ2) is 13.1. The second-order valence-corrected chi connectivity index (χ2v) is 5.64. The third-order valence-electron chi connectivity index (χ3n) is 3.68. The maximum Gasteiger partial charge on any atom is 0.338 e. The Morgan fingerprint density at radius 1 is 0.852 bits per heavy atom. The Morgan fingerprint density at radius 3 is 1.74 bits per heavy atom. The number of hydrogen-bond acceptors (Lipinski definition) is 4. The Labute approximate surface area is 174 Å². The first kappa shape index (κ1) is 25.9. The maximum atomic E-state index is 12.1. The fourth-order valence-corrected chi connectivity index (χ4v) is 2.46. The number of methoxy groups -OCH3 is 2. The average Bonchev–Trinajstić information content (AvgIpc) is 3.31. The standard InChI is InChI=1S/C16H19O5.C5H5.Fe/c1-9(2)13(15(17)18)14(16(19)21-5)10(3)11-7-6-8-12(11)20-4;1-2-4-5-3-1;/h6-8H,1-5H3,(H,17,18);1-5H;/b14-10+;;. The number of carbonyl (C=O) groups excluding carboxylic acids is 1. The Kier molecular flexibility index (Phi) is 12.6. The zero-order valence-electron chi connectivity index (χ0n) is 16.1. The fourth-order valence-electron chi connectivity index (χ4n) is 2.46. The molecule has 0 saturated heterocycles. The summed E-state index contributed by atoms with van der Waals surface area (Å²) in [6, 6.07) is 0. The van der Waals surface area contributed by atoms with Crippen molar-refractivity contribution >= 4 is 11.9 Å². The molecule has 27 heavy (non-hydrogen) atoms. The van der Waals surface area contributed by atoms with E-state index < -0.39 is 11.9 Å². The normalized spacial score (nSPS) is 18.0. The third kappa shape index (κ3) is 7.44. The molecule has 6 heteroatoms. The summed E-state index contributed by atoms with van der Waals surface area (Å²) in [5.74, 6) is -1.19. The van der Waals surface area contributed by atoms with E-state index >= 15 is 0 Å². The molecule has 0 atom stereocenters. The van der Waals surface area contributed by atoms with Crippen molar-refractivity contribution < 1.29 is 41.2 Å². The molecule has 0 unspecified atom stereocenters. The summed E-state index contributed by atoms with van der Waals surface area (Å²) in [5, 5.41) is 9.40. The predicted octanol–water partition coefficient (Wildman–Crippen LogP) is 3.30. The number of ether oxygens (including phenoxy) is 2. The van der Waals surface area contributed by atoms with Gasteiger partial charge in [0.05, 0.1) is 18.3 Å². The number of carboxylic acids is 1. The summed E-state index contributed by atoms with van der Waals surface area (Å²) >= 11 is 0. The van der Waals surface area contributed by atoms with Gasteiger partial charge in [-0.2, -0.15) is 0 Å². The Balaban J connectivity index is 0.000000969. The van der Waals surface area contributed by atoms with Crippen LogP contribution in [0.25, 0.3) is 0 Å². The Bertz CT molecular complexity index is 549. The van der Waals surface area contributed by atoms with E-state index in [1.54, 1.807) is 40.0 Å². The van der Waals surface area contributed by atoms with Crippen molar-refractivity contribution in [3.05, 3.63) is 85.7 Å². The number of hydrogen-bond donors (Lipinski definition) is 1. The van der Waals surface area contributed by atoms with E-state index in [0.717, 1.165) is 0 Å². The first-order valence-electron chi connectivity index (χ1n) is 8.02. The van der Waals surface area contributed by atoms with Gasteiger partial charge in [-0.15, -0.1) is 0 Å². The Morgan fingerprint density at radius 2 is 1.37 bits per heavy atom. The first-order chi connectivity index (χ1) is 12.3. The molecule has 2 aliphatic rings. The quantitative estimate of drug-likeness (QED) is 0.325. The minimum absolute atomic E-state index is 0. The SMILES string of the molecule is CO[C]1[CH][CH][CH][C]1/C(C)=C(/C(=O)OC)C(C(=O)O)=C(C)C.[CH]1[CH][CH][CH][CH]1.[Fe]. The van der Waals surface area contributed by atoms with Gasteiger partial charge in [-0.25, -0.2) is 9.59 Å². The van der Waals surface area contributed by atoms with E-state index in [4.69, 9.17) is 9.47 Å². The zero-order chi connectivity index (χ0) is 19.7. The van der Waals surface area contributed by atoms with Crippen LogP contribution in [0.3, 0.4) is 0 Å². The summed E-state index contributed by atoms with van der Waals surface area (Å²) in [4.78, 5) is 23.6. The minimum Gasteiger partial charge on any atom is -0.478 e. The van der Waals surface area contributed by atoms with Crippen LogP contribution in [0, 0.1) is 63.4 Å². The summed E-state index contributed by atoms with van der Waals surface area (Å²) in [7, 11) is 2.74. The second-order valence-electron chi connectivity index (χ2n) is 5.64. The van der Waals surface area contributed by atoms with Crippen molar-refractivity contribution in [2.45, 2.75) is 20.8 Å². The molecule has 0 spiro atoms. The van der Waals surface area contributed by atoms with Crippen LogP contribution < -0.4 is 0 Å². The fraction of sp³-hybridized carbons (Fsp3) is 0.238. The third-order valence-corrected chi connectivity index (χ3v) is 3.68. The molecule has 0 amide bonds. The van der Waals surface area contributed by atoms with Crippen molar-refractivity contribution in [3.8, 4) is 0 Å². The number of carboxylic acid groups (broad SMARTS) is 1. The van der Waals surface area contributed by atoms with E-state index in [1.165, 1.54) is 14.2 Å². The predicted molar refractivity (Wildman–Crippen MR) is 98.6 cm³/mol. The van der Waals surface area contributed by atoms with Crippen LogP contribution in [0.1, 0.15) is 20.8 Å². The molecule has 0 aromatic carbocycles. The average molecular weight is 412 g/mol. The van der Waals surface area contributed by atoms with E-state index in [0.29, 0.717) is 23.2 Å². The van der Waals surface area contributed by atoms with Crippen LogP contribution in [-0.2, 0) is 36.1 Å². The largest absolute Gasteiger partial charge is 0.478 e. The summed E-state index contributed by atoms with van der Waals surface area (Å²) < 4.78 is 9.97. The monoisotopic (exact) mass is 412 g/mol. The van der Waals surface area contributed by atoms with Crippen molar-refractivity contribution in [2.75, 3.05) is 14.2 Å². The van der Waals surface area contributed by atoms with Crippen molar-refractivity contribution in [2.24, 2.45) is 0 Å². The molecule has 0 aromatic rings. The molecule has 2 rings (SSSR count). The van der Waals surface area contributed by atoms with Crippen LogP contribution in [0.4, 0.5) is 0 Å². The van der Waals surface area contributed by atoms with Gasteiger partial charge in [-0.05, 0) is 71.3 Å². The van der Waals surface area contributed by atoms with Crippen LogP contribution in [0.15, 0.2) is 22.3 Å². The van der Waals surface area contributed by atoms with Gasteiger partial charge < -0.3 is 14.6 Å². The number of rotatable bonds is 5. The molecule has 0 bridgehead atoms. The number of carbonyl (C=O) groups is 2. The van der Waals surface area contributed by atoms with Gasteiger partial charge in [0.1, 0.15) is 6.10 Å². The van der Waals surface area contributed by atoms with Crippen LogP contribution in [0.2, 0.25) is 0 Å². The van der Waals surface area contributed by atoms with Gasteiger partial charge in [-0.3, -0.25) is 0 Å². The van der Waals surface area contributed by atoms with Gasteiger partial charge >= 0.3 is 11.9 Å². The molecule has 0 aliphatic heterocycles. The summed E-state index contributed by atoms with van der Waals surface area (Å²) in [6.07, 6.45) is 15.9. The van der Waals surface area contributed by atoms with Crippen molar-refractivity contribution in [3.63, 3.8) is 0 Å². The van der Waals surface area contributed by atoms with E-state index in [1.807, 2.05) is 32.1 Å². The van der Waals surface area contributed by atoms with Gasteiger partial charge in [0.25, 0.3) is 0 Å². The topological polar surface area (TPSA) is 72.8 Å². The van der Waals surface area contributed by atoms with Crippen molar-refractivity contribution in [1.29, 1.82) is 0 Å². The number of esters is 1. The van der Waals surface area contributed by atoms with Gasteiger partial charge in [0, 0.05) is 36.5 Å². The molecular weight excluding hydrogens is 388 g/mol.